The van der Waals surface area contributed by atoms with E-state index in [9.17, 15) is 75.3 Å². The molecule has 0 aliphatic carbocycles. The molecule has 0 saturated carbocycles. The van der Waals surface area contributed by atoms with E-state index in [1.807, 2.05) is 0 Å². The molecule has 366 valence electrons. The lowest BCUT2D eigenvalue weighted by Crippen LogP contribution is -2.60. The van der Waals surface area contributed by atoms with Crippen LogP contribution in [-0.2, 0) is 47.6 Å². The van der Waals surface area contributed by atoms with E-state index >= 15 is 0 Å². The summed E-state index contributed by atoms with van der Waals surface area (Å²) >= 11 is 0. The van der Waals surface area contributed by atoms with Crippen molar-refractivity contribution in [1.82, 2.24) is 26.2 Å². The van der Waals surface area contributed by atoms with Gasteiger partial charge in [0, 0.05) is 26.6 Å². The Kier molecular flexibility index (Phi) is 23.9. The molecule has 3 saturated heterocycles. The Morgan fingerprint density at radius 2 is 1.06 bits per heavy atom. The van der Waals surface area contributed by atoms with Gasteiger partial charge >= 0.3 is 0 Å². The molecule has 0 aromatic carbocycles. The highest BCUT2D eigenvalue weighted by Gasteiger charge is 2.46. The number of rotatable bonds is 26. The number of carbonyl (C=O) groups excluding carboxylic acids is 4. The number of aliphatic hydroxyl groups is 11. The SMILES string of the molecule is CNC(=O)CCCCCNC(=O)CN(CC(=O)NCCO[C@@H]1O[C@@H](C)[C@@H](O)[C@@H](O)[C@@H]1O)CC(=O)N[C@H](CCO[C@H]1O[C@H](CO)[C@@H](O)[C@H](O)[C@@H]1O)CO[C@H]1O[C@H](CO)[C@@H](O)[C@H](O)[C@@H]1O. The van der Waals surface area contributed by atoms with Gasteiger partial charge in [-0.05, 0) is 26.2 Å². The Balaban J connectivity index is 1.67. The third kappa shape index (κ3) is 17.2. The number of aliphatic hydroxyl groups excluding tert-OH is 11. The van der Waals surface area contributed by atoms with Crippen LogP contribution in [0.2, 0.25) is 0 Å². The summed E-state index contributed by atoms with van der Waals surface area (Å²) in [6, 6.07) is -1.05. The number of hydrogen-bond acceptors (Lipinski definition) is 22. The molecule has 3 heterocycles. The molecule has 0 aromatic heterocycles. The monoisotopic (exact) mass is 917 g/mol. The van der Waals surface area contributed by atoms with Gasteiger partial charge in [-0.2, -0.15) is 0 Å². The van der Waals surface area contributed by atoms with Gasteiger partial charge in [0.25, 0.3) is 0 Å². The summed E-state index contributed by atoms with van der Waals surface area (Å²) in [4.78, 5) is 52.3. The second-order valence-corrected chi connectivity index (χ2v) is 15.5. The summed E-state index contributed by atoms with van der Waals surface area (Å²) in [6.07, 6.45) is -20.7. The summed E-state index contributed by atoms with van der Waals surface area (Å²) in [5.41, 5.74) is 0. The zero-order chi connectivity index (χ0) is 46.8. The van der Waals surface area contributed by atoms with E-state index in [0.717, 1.165) is 0 Å². The van der Waals surface area contributed by atoms with Crippen molar-refractivity contribution in [3.8, 4) is 0 Å². The number of ether oxygens (including phenoxy) is 6. The molecule has 15 N–H and O–H groups in total. The van der Waals surface area contributed by atoms with Crippen LogP contribution in [0.15, 0.2) is 0 Å². The molecule has 0 spiro atoms. The predicted octanol–water partition coefficient (Wildman–Crippen LogP) is -8.82. The van der Waals surface area contributed by atoms with E-state index < -0.39 is 155 Å². The van der Waals surface area contributed by atoms with Gasteiger partial charge in [-0.25, -0.2) is 0 Å². The Morgan fingerprint density at radius 3 is 1.62 bits per heavy atom. The average molecular weight is 918 g/mol. The number of nitrogens with zero attached hydrogens (tertiary/aromatic N) is 1. The first-order chi connectivity index (χ1) is 29.9. The topological polar surface area (TPSA) is 398 Å². The molecule has 16 atom stereocenters. The van der Waals surface area contributed by atoms with Crippen molar-refractivity contribution in [3.05, 3.63) is 0 Å². The van der Waals surface area contributed by atoms with E-state index in [2.05, 4.69) is 21.3 Å². The molecule has 0 bridgehead atoms. The number of nitrogens with one attached hydrogen (secondary N) is 4. The standard InChI is InChI=1S/C37H67N5O21/c1-18-26(49)29(52)32(55)35(61-18)59-11-9-40-24(47)13-42(12-23(46)39-8-5-3-4-6-22(45)38-2)14-25(48)41-19(17-60-37-34(57)31(54)28(51)21(16-44)63-37)7-10-58-36-33(56)30(53)27(50)20(15-43)62-36/h18-21,26-37,43-44,49-57H,3-17H2,1-2H3,(H,38,45)(H,39,46)(H,40,47)(H,41,48)/t18-,19+,20+,21+,26+,27+,28+,29+,30-,31-,32-,33-,34-,35+,36-,37-/m0/s1. The lowest BCUT2D eigenvalue weighted by molar-refractivity contribution is -0.304. The third-order valence-corrected chi connectivity index (χ3v) is 10.6. The van der Waals surface area contributed by atoms with Gasteiger partial charge in [-0.15, -0.1) is 0 Å². The first-order valence-electron chi connectivity index (χ1n) is 20.8. The van der Waals surface area contributed by atoms with Crippen molar-refractivity contribution >= 4 is 23.6 Å². The van der Waals surface area contributed by atoms with Crippen LogP contribution < -0.4 is 21.3 Å². The lowest BCUT2D eigenvalue weighted by atomic mass is 9.99. The van der Waals surface area contributed by atoms with Crippen LogP contribution >= 0.6 is 0 Å². The van der Waals surface area contributed by atoms with Gasteiger partial charge in [0.2, 0.25) is 23.6 Å². The Hall–Kier alpha value is -2.84. The second-order valence-electron chi connectivity index (χ2n) is 15.5. The minimum absolute atomic E-state index is 0.116. The predicted molar refractivity (Wildman–Crippen MR) is 209 cm³/mol. The van der Waals surface area contributed by atoms with Crippen molar-refractivity contribution in [1.29, 1.82) is 0 Å². The van der Waals surface area contributed by atoms with Crippen molar-refractivity contribution < 1.29 is 104 Å². The van der Waals surface area contributed by atoms with Crippen molar-refractivity contribution in [2.24, 2.45) is 0 Å². The molecular formula is C37H67N5O21. The highest BCUT2D eigenvalue weighted by Crippen LogP contribution is 2.24. The van der Waals surface area contributed by atoms with Gasteiger partial charge in [0.1, 0.15) is 67.1 Å². The molecule has 3 aliphatic heterocycles. The first-order valence-corrected chi connectivity index (χ1v) is 20.8. The molecule has 0 aromatic rings. The van der Waals surface area contributed by atoms with Crippen molar-refractivity contribution in [2.75, 3.05) is 72.8 Å². The maximum Gasteiger partial charge on any atom is 0.234 e. The molecule has 3 rings (SSSR count). The Labute approximate surface area is 363 Å². The minimum atomic E-state index is -1.79. The van der Waals surface area contributed by atoms with Gasteiger partial charge in [0.15, 0.2) is 18.9 Å². The van der Waals surface area contributed by atoms with E-state index in [1.54, 1.807) is 0 Å². The number of amides is 4. The average Bonchev–Trinajstić information content (AvgIpc) is 3.25. The van der Waals surface area contributed by atoms with E-state index in [0.29, 0.717) is 25.7 Å². The molecule has 4 amide bonds. The quantitative estimate of drug-likeness (QED) is 0.0358. The minimum Gasteiger partial charge on any atom is -0.394 e. The van der Waals surface area contributed by atoms with Crippen LogP contribution in [0.4, 0.5) is 0 Å². The molecule has 0 unspecified atom stereocenters. The van der Waals surface area contributed by atoms with Crippen LogP contribution in [0.3, 0.4) is 0 Å². The molecule has 3 fully saturated rings. The zero-order valence-electron chi connectivity index (χ0n) is 35.3. The van der Waals surface area contributed by atoms with Crippen LogP contribution in [-0.4, -0.2) is 256 Å². The Morgan fingerprint density at radius 1 is 0.571 bits per heavy atom. The summed E-state index contributed by atoms with van der Waals surface area (Å²) in [5, 5.41) is 121. The van der Waals surface area contributed by atoms with Gasteiger partial charge in [-0.3, -0.25) is 24.1 Å². The summed E-state index contributed by atoms with van der Waals surface area (Å²) < 4.78 is 32.8. The highest BCUT2D eigenvalue weighted by atomic mass is 16.7. The van der Waals surface area contributed by atoms with Gasteiger partial charge in [0.05, 0.1) is 64.8 Å². The smallest absolute Gasteiger partial charge is 0.234 e. The normalized spacial score (nSPS) is 34.0. The van der Waals surface area contributed by atoms with E-state index in [1.165, 1.54) is 18.9 Å². The first kappa shape index (κ1) is 54.5. The summed E-state index contributed by atoms with van der Waals surface area (Å²) in [7, 11) is 1.53. The van der Waals surface area contributed by atoms with E-state index in [4.69, 9.17) is 28.4 Å². The maximum absolute atomic E-state index is 13.6. The fourth-order valence-electron chi connectivity index (χ4n) is 6.76. The largest absolute Gasteiger partial charge is 0.394 e. The molecule has 0 radical (unpaired) electrons. The molecule has 3 aliphatic rings. The van der Waals surface area contributed by atoms with Crippen LogP contribution in [0, 0.1) is 0 Å². The van der Waals surface area contributed by atoms with Crippen LogP contribution in [0.5, 0.6) is 0 Å². The summed E-state index contributed by atoms with van der Waals surface area (Å²) in [6.45, 7) is -2.38. The molecule has 63 heavy (non-hydrogen) atoms. The van der Waals surface area contributed by atoms with Gasteiger partial charge < -0.3 is 106 Å². The highest BCUT2D eigenvalue weighted by molar-refractivity contribution is 5.84. The van der Waals surface area contributed by atoms with Crippen molar-refractivity contribution in [3.63, 3.8) is 0 Å². The molecule has 26 nitrogen and oxygen atoms in total. The van der Waals surface area contributed by atoms with E-state index in [-0.39, 0.29) is 38.6 Å². The van der Waals surface area contributed by atoms with Crippen LogP contribution in [0.1, 0.15) is 39.0 Å². The number of unbranched alkanes of at least 4 members (excludes halogenated alkanes) is 2. The zero-order valence-corrected chi connectivity index (χ0v) is 35.3. The van der Waals surface area contributed by atoms with Crippen molar-refractivity contribution in [2.45, 2.75) is 137 Å². The van der Waals surface area contributed by atoms with Gasteiger partial charge in [-0.1, -0.05) is 6.42 Å². The Bertz CT molecular complexity index is 1390. The second kappa shape index (κ2) is 27.6. The third-order valence-electron chi connectivity index (χ3n) is 10.6. The van der Waals surface area contributed by atoms with Crippen LogP contribution in [0.25, 0.3) is 0 Å². The fraction of sp³-hybridized carbons (Fsp3) is 0.892. The summed E-state index contributed by atoms with van der Waals surface area (Å²) in [5.74, 6) is -2.08. The fourth-order valence-corrected chi connectivity index (χ4v) is 6.76. The lowest BCUT2D eigenvalue weighted by Gasteiger charge is -2.40. The molecular weight excluding hydrogens is 850 g/mol. The number of hydrogen-bond donors (Lipinski definition) is 15. The molecule has 26 heteroatoms. The maximum atomic E-state index is 13.6. The number of carbonyl (C=O) groups is 4.